The highest BCUT2D eigenvalue weighted by molar-refractivity contribution is 9.10. The number of hydrogen-bond donors (Lipinski definition) is 0. The van der Waals surface area contributed by atoms with Crippen LogP contribution in [-0.4, -0.2) is 10.9 Å². The van der Waals surface area contributed by atoms with Gasteiger partial charge in [-0.05, 0) is 34.0 Å². The van der Waals surface area contributed by atoms with E-state index in [1.54, 1.807) is 6.20 Å². The molecule has 0 aliphatic rings. The van der Waals surface area contributed by atoms with E-state index in [-0.39, 0.29) is 0 Å². The van der Waals surface area contributed by atoms with Crippen LogP contribution < -0.4 is 0 Å². The van der Waals surface area contributed by atoms with Crippen LogP contribution in [0, 0.1) is 0 Å². The molecule has 0 spiro atoms. The molecule has 0 amide bonds. The number of halogens is 3. The lowest BCUT2D eigenvalue weighted by Gasteiger charge is -2.03. The molecule has 4 heteroatoms. The monoisotopic (exact) mass is 267 g/mol. The molecule has 0 unspecified atom stereocenters. The van der Waals surface area contributed by atoms with Crippen LogP contribution in [0.5, 0.6) is 0 Å². The summed E-state index contributed by atoms with van der Waals surface area (Å²) in [6.45, 7) is 0. The van der Waals surface area contributed by atoms with E-state index in [0.717, 1.165) is 22.2 Å². The molecule has 0 aromatic carbocycles. The van der Waals surface area contributed by atoms with Gasteiger partial charge in [-0.15, -0.1) is 23.2 Å². The minimum absolute atomic E-state index is 0.444. The Morgan fingerprint density at radius 3 is 2.75 bits per heavy atom. The third-order valence-electron chi connectivity index (χ3n) is 1.52. The van der Waals surface area contributed by atoms with E-state index in [9.17, 15) is 0 Å². The molecular weight excluding hydrogens is 261 g/mol. The number of aryl methyl sites for hydroxylation is 1. The highest BCUT2D eigenvalue weighted by atomic mass is 79.9. The number of alkyl halides is 2. The van der Waals surface area contributed by atoms with Crippen LogP contribution in [0.3, 0.4) is 0 Å². The summed E-state index contributed by atoms with van der Waals surface area (Å²) in [6, 6.07) is 2.01. The number of hydrogen-bond acceptors (Lipinski definition) is 1. The highest BCUT2D eigenvalue weighted by Gasteiger charge is 2.02. The Balaban J connectivity index is 2.95. The quantitative estimate of drug-likeness (QED) is 0.766. The van der Waals surface area contributed by atoms with Crippen molar-refractivity contribution in [3.8, 4) is 0 Å². The zero-order valence-electron chi connectivity index (χ0n) is 6.36. The van der Waals surface area contributed by atoms with Crippen molar-refractivity contribution >= 4 is 39.1 Å². The lowest BCUT2D eigenvalue weighted by molar-refractivity contribution is 1.03. The predicted molar refractivity (Wildman–Crippen MR) is 55.9 cm³/mol. The smallest absolute Gasteiger partial charge is 0.0650 e. The molecule has 0 aliphatic carbocycles. The van der Waals surface area contributed by atoms with Gasteiger partial charge < -0.3 is 0 Å². The van der Waals surface area contributed by atoms with Crippen molar-refractivity contribution in [1.82, 2.24) is 4.98 Å². The Morgan fingerprint density at radius 1 is 1.42 bits per heavy atom. The number of aromatic nitrogens is 1. The Labute approximate surface area is 90.2 Å². The van der Waals surface area contributed by atoms with Gasteiger partial charge in [-0.2, -0.15) is 0 Å². The van der Waals surface area contributed by atoms with E-state index in [1.165, 1.54) is 0 Å². The number of nitrogens with zero attached hydrogens (tertiary/aromatic N) is 1. The Kier molecular flexibility index (Phi) is 4.33. The topological polar surface area (TPSA) is 12.9 Å². The van der Waals surface area contributed by atoms with Gasteiger partial charge in [0.25, 0.3) is 0 Å². The second-order valence-corrected chi connectivity index (χ2v) is 3.89. The molecule has 1 nitrogen and oxygen atoms in total. The van der Waals surface area contributed by atoms with Crippen LogP contribution in [0.25, 0.3) is 0 Å². The molecule has 0 atom stereocenters. The fraction of sp³-hybridized carbons (Fsp3) is 0.375. The first-order chi connectivity index (χ1) is 5.77. The van der Waals surface area contributed by atoms with Crippen molar-refractivity contribution in [2.24, 2.45) is 0 Å². The summed E-state index contributed by atoms with van der Waals surface area (Å²) in [5.41, 5.74) is 2.04. The van der Waals surface area contributed by atoms with Gasteiger partial charge >= 0.3 is 0 Å². The Bertz CT molecular complexity index is 265. The maximum atomic E-state index is 5.70. The minimum atomic E-state index is 0.444. The molecule has 1 aromatic heterocycles. The maximum absolute atomic E-state index is 5.70. The number of pyridine rings is 1. The van der Waals surface area contributed by atoms with Gasteiger partial charge in [0, 0.05) is 16.5 Å². The molecule has 1 aromatic rings. The predicted octanol–water partition coefficient (Wildman–Crippen LogP) is 3.36. The van der Waals surface area contributed by atoms with E-state index in [4.69, 9.17) is 23.2 Å². The van der Waals surface area contributed by atoms with Crippen molar-refractivity contribution < 1.29 is 0 Å². The summed E-state index contributed by atoms with van der Waals surface area (Å²) in [5.74, 6) is 1.04. The molecule has 0 N–H and O–H groups in total. The van der Waals surface area contributed by atoms with Gasteiger partial charge in [-0.1, -0.05) is 0 Å². The average molecular weight is 269 g/mol. The first kappa shape index (κ1) is 10.3. The van der Waals surface area contributed by atoms with Crippen molar-refractivity contribution in [1.29, 1.82) is 0 Å². The average Bonchev–Trinajstić information content (AvgIpc) is 2.05. The molecule has 0 fully saturated rings. The Morgan fingerprint density at radius 2 is 2.17 bits per heavy atom. The summed E-state index contributed by atoms with van der Waals surface area (Å²) >= 11 is 14.7. The van der Waals surface area contributed by atoms with Crippen molar-refractivity contribution in [3.05, 3.63) is 28.0 Å². The van der Waals surface area contributed by atoms with Crippen LogP contribution >= 0.6 is 39.1 Å². The summed E-state index contributed by atoms with van der Waals surface area (Å²) in [4.78, 5) is 4.18. The third kappa shape index (κ3) is 2.61. The van der Waals surface area contributed by atoms with Crippen LogP contribution in [0.2, 0.25) is 0 Å². The van der Waals surface area contributed by atoms with Crippen molar-refractivity contribution in [2.75, 3.05) is 5.88 Å². The molecule has 0 radical (unpaired) electrons. The van der Waals surface area contributed by atoms with Crippen molar-refractivity contribution in [3.63, 3.8) is 0 Å². The Hall–Kier alpha value is 0.210. The third-order valence-corrected chi connectivity index (χ3v) is 2.39. The molecule has 12 heavy (non-hydrogen) atoms. The lowest BCUT2D eigenvalue weighted by Crippen LogP contribution is -1.96. The van der Waals surface area contributed by atoms with Crippen LogP contribution in [-0.2, 0) is 12.3 Å². The summed E-state index contributed by atoms with van der Waals surface area (Å²) < 4.78 is 0.969. The van der Waals surface area contributed by atoms with Crippen LogP contribution in [0.4, 0.5) is 0 Å². The molecular formula is C8H8BrCl2N. The second kappa shape index (κ2) is 5.05. The van der Waals surface area contributed by atoms with Crippen LogP contribution in [0.15, 0.2) is 16.7 Å². The summed E-state index contributed by atoms with van der Waals surface area (Å²) in [6.07, 6.45) is 2.56. The molecule has 0 saturated heterocycles. The fourth-order valence-corrected chi connectivity index (χ4v) is 1.77. The van der Waals surface area contributed by atoms with Gasteiger partial charge in [0.15, 0.2) is 0 Å². The summed E-state index contributed by atoms with van der Waals surface area (Å²) in [7, 11) is 0. The zero-order chi connectivity index (χ0) is 8.97. The normalized spacial score (nSPS) is 10.2. The zero-order valence-corrected chi connectivity index (χ0v) is 9.45. The molecule has 66 valence electrons. The maximum Gasteiger partial charge on any atom is 0.0650 e. The standard InChI is InChI=1S/C8H8BrCl2N/c9-7-3-6(1-2-10)8(4-11)12-5-7/h3,5H,1-2,4H2. The SMILES string of the molecule is ClCCc1cc(Br)cnc1CCl. The largest absolute Gasteiger partial charge is 0.259 e. The minimum Gasteiger partial charge on any atom is -0.259 e. The first-order valence-corrected chi connectivity index (χ1v) is 5.39. The highest BCUT2D eigenvalue weighted by Crippen LogP contribution is 2.16. The number of rotatable bonds is 3. The van der Waals surface area contributed by atoms with E-state index in [0.29, 0.717) is 11.8 Å². The van der Waals surface area contributed by atoms with E-state index >= 15 is 0 Å². The van der Waals surface area contributed by atoms with Crippen molar-refractivity contribution in [2.45, 2.75) is 12.3 Å². The van der Waals surface area contributed by atoms with Gasteiger partial charge in [0.05, 0.1) is 11.6 Å². The lowest BCUT2D eigenvalue weighted by atomic mass is 10.1. The fourth-order valence-electron chi connectivity index (χ4n) is 0.948. The van der Waals surface area contributed by atoms with Gasteiger partial charge in [0.1, 0.15) is 0 Å². The van der Waals surface area contributed by atoms with Gasteiger partial charge in [-0.25, -0.2) is 0 Å². The van der Waals surface area contributed by atoms with E-state index < -0.39 is 0 Å². The molecule has 1 rings (SSSR count). The molecule has 0 saturated carbocycles. The van der Waals surface area contributed by atoms with Crippen LogP contribution in [0.1, 0.15) is 11.3 Å². The van der Waals surface area contributed by atoms with Gasteiger partial charge in [-0.3, -0.25) is 4.98 Å². The molecule has 0 bridgehead atoms. The second-order valence-electron chi connectivity index (χ2n) is 2.33. The molecule has 0 aliphatic heterocycles. The van der Waals surface area contributed by atoms with E-state index in [1.807, 2.05) is 6.07 Å². The first-order valence-electron chi connectivity index (χ1n) is 3.53. The molecule has 1 heterocycles. The van der Waals surface area contributed by atoms with E-state index in [2.05, 4.69) is 20.9 Å². The van der Waals surface area contributed by atoms with Gasteiger partial charge in [0.2, 0.25) is 0 Å². The summed E-state index contributed by atoms with van der Waals surface area (Å²) in [5, 5.41) is 0.